The molecule has 1 amide bonds. The number of amides is 1. The molecule has 0 radical (unpaired) electrons. The van der Waals surface area contributed by atoms with Gasteiger partial charge in [-0.05, 0) is 28.8 Å². The molecule has 100 valence electrons. The Morgan fingerprint density at radius 3 is 2.58 bits per heavy atom. The second kappa shape index (κ2) is 6.20. The zero-order valence-corrected chi connectivity index (χ0v) is 12.9. The first-order valence-corrected chi connectivity index (χ1v) is 7.40. The van der Waals surface area contributed by atoms with E-state index in [1.165, 1.54) is 10.8 Å². The Hall–Kier alpha value is -1.35. The van der Waals surface area contributed by atoms with Gasteiger partial charge in [-0.2, -0.15) is 0 Å². The van der Waals surface area contributed by atoms with Gasteiger partial charge < -0.3 is 4.90 Å². The summed E-state index contributed by atoms with van der Waals surface area (Å²) in [6.45, 7) is 2.65. The van der Waals surface area contributed by atoms with Crippen LogP contribution in [0.3, 0.4) is 0 Å². The molecule has 3 heteroatoms. The molecule has 0 aliphatic heterocycles. The molecule has 2 aromatic rings. The molecule has 0 aliphatic rings. The van der Waals surface area contributed by atoms with Gasteiger partial charge in [0.05, 0.1) is 4.83 Å². The highest BCUT2D eigenvalue weighted by atomic mass is 79.9. The molecule has 2 nitrogen and oxygen atoms in total. The summed E-state index contributed by atoms with van der Waals surface area (Å²) < 4.78 is 0. The molecule has 1 unspecified atom stereocenters. The minimum Gasteiger partial charge on any atom is -0.340 e. The predicted molar refractivity (Wildman–Crippen MR) is 83.4 cm³/mol. The Labute approximate surface area is 122 Å². The van der Waals surface area contributed by atoms with Crippen LogP contribution in [0.1, 0.15) is 18.9 Å². The molecule has 0 fully saturated rings. The third-order valence-corrected chi connectivity index (χ3v) is 4.28. The molecular weight excluding hydrogens is 302 g/mol. The summed E-state index contributed by atoms with van der Waals surface area (Å²) in [6.07, 6.45) is 0.806. The van der Waals surface area contributed by atoms with Gasteiger partial charge in [0.2, 0.25) is 5.91 Å². The zero-order valence-electron chi connectivity index (χ0n) is 11.3. The molecule has 2 rings (SSSR count). The minimum atomic E-state index is -0.0852. The standard InChI is InChI=1S/C16H18BrNO/c1-3-15(17)16(19)18(2)11-12-8-9-13-6-4-5-7-14(13)10-12/h4-10,15H,3,11H2,1-2H3. The maximum absolute atomic E-state index is 12.0. The quantitative estimate of drug-likeness (QED) is 0.781. The van der Waals surface area contributed by atoms with E-state index >= 15 is 0 Å². The highest BCUT2D eigenvalue weighted by molar-refractivity contribution is 9.10. The molecular formula is C16H18BrNO. The summed E-state index contributed by atoms with van der Waals surface area (Å²) >= 11 is 3.40. The van der Waals surface area contributed by atoms with E-state index in [9.17, 15) is 4.79 Å². The SMILES string of the molecule is CCC(Br)C(=O)N(C)Cc1ccc2ccccc2c1. The summed E-state index contributed by atoms with van der Waals surface area (Å²) in [6, 6.07) is 14.6. The highest BCUT2D eigenvalue weighted by Gasteiger charge is 2.17. The van der Waals surface area contributed by atoms with Gasteiger partial charge in [-0.3, -0.25) is 4.79 Å². The average Bonchev–Trinajstić information content (AvgIpc) is 2.45. The predicted octanol–water partition coefficient (Wildman–Crippen LogP) is 3.97. The third kappa shape index (κ3) is 3.35. The largest absolute Gasteiger partial charge is 0.340 e. The van der Waals surface area contributed by atoms with Crippen molar-refractivity contribution in [2.45, 2.75) is 24.7 Å². The number of fused-ring (bicyclic) bond motifs is 1. The van der Waals surface area contributed by atoms with E-state index in [1.54, 1.807) is 4.90 Å². The number of carbonyl (C=O) groups is 1. The molecule has 0 saturated heterocycles. The van der Waals surface area contributed by atoms with Crippen molar-refractivity contribution in [1.82, 2.24) is 4.90 Å². The normalized spacial score (nSPS) is 12.4. The fourth-order valence-corrected chi connectivity index (χ4v) is 2.45. The Kier molecular flexibility index (Phi) is 4.59. The van der Waals surface area contributed by atoms with E-state index in [0.717, 1.165) is 12.0 Å². The van der Waals surface area contributed by atoms with Crippen LogP contribution in [0.5, 0.6) is 0 Å². The molecule has 0 bridgehead atoms. The zero-order chi connectivity index (χ0) is 13.8. The number of benzene rings is 2. The number of nitrogens with zero attached hydrogens (tertiary/aromatic N) is 1. The van der Waals surface area contributed by atoms with Crippen molar-refractivity contribution in [3.63, 3.8) is 0 Å². The fourth-order valence-electron chi connectivity index (χ4n) is 2.10. The number of rotatable bonds is 4. The Balaban J connectivity index is 2.15. The number of carbonyl (C=O) groups excluding carboxylic acids is 1. The molecule has 0 aromatic heterocycles. The first-order chi connectivity index (χ1) is 9.11. The first kappa shape index (κ1) is 14.1. The van der Waals surface area contributed by atoms with E-state index < -0.39 is 0 Å². The van der Waals surface area contributed by atoms with Crippen LogP contribution < -0.4 is 0 Å². The van der Waals surface area contributed by atoms with E-state index in [4.69, 9.17) is 0 Å². The van der Waals surface area contributed by atoms with Gasteiger partial charge in [-0.25, -0.2) is 0 Å². The second-order valence-corrected chi connectivity index (χ2v) is 5.86. The summed E-state index contributed by atoms with van der Waals surface area (Å²) in [7, 11) is 1.85. The topological polar surface area (TPSA) is 20.3 Å². The van der Waals surface area contributed by atoms with Gasteiger partial charge in [0.1, 0.15) is 0 Å². The van der Waals surface area contributed by atoms with Gasteiger partial charge in [-0.1, -0.05) is 59.3 Å². The van der Waals surface area contributed by atoms with Crippen molar-refractivity contribution in [1.29, 1.82) is 0 Å². The lowest BCUT2D eigenvalue weighted by molar-refractivity contribution is -0.129. The van der Waals surface area contributed by atoms with Crippen molar-refractivity contribution < 1.29 is 4.79 Å². The van der Waals surface area contributed by atoms with E-state index in [2.05, 4.69) is 46.3 Å². The Morgan fingerprint density at radius 2 is 1.89 bits per heavy atom. The average molecular weight is 320 g/mol. The lowest BCUT2D eigenvalue weighted by atomic mass is 10.1. The van der Waals surface area contributed by atoms with Crippen molar-refractivity contribution in [3.8, 4) is 0 Å². The second-order valence-electron chi connectivity index (χ2n) is 4.75. The lowest BCUT2D eigenvalue weighted by Gasteiger charge is -2.20. The molecule has 0 aliphatic carbocycles. The molecule has 2 aromatic carbocycles. The summed E-state index contributed by atoms with van der Waals surface area (Å²) in [5.74, 6) is 0.135. The molecule has 1 atom stereocenters. The maximum atomic E-state index is 12.0. The Morgan fingerprint density at radius 1 is 1.21 bits per heavy atom. The number of alkyl halides is 1. The van der Waals surface area contributed by atoms with Crippen LogP contribution in [-0.4, -0.2) is 22.7 Å². The van der Waals surface area contributed by atoms with Gasteiger partial charge in [0, 0.05) is 13.6 Å². The third-order valence-electron chi connectivity index (χ3n) is 3.24. The number of hydrogen-bond acceptors (Lipinski definition) is 1. The monoisotopic (exact) mass is 319 g/mol. The maximum Gasteiger partial charge on any atom is 0.236 e. The van der Waals surface area contributed by atoms with Gasteiger partial charge in [-0.15, -0.1) is 0 Å². The van der Waals surface area contributed by atoms with Crippen molar-refractivity contribution in [2.24, 2.45) is 0 Å². The van der Waals surface area contributed by atoms with Crippen LogP contribution in [0.15, 0.2) is 42.5 Å². The van der Waals surface area contributed by atoms with Crippen LogP contribution in [-0.2, 0) is 11.3 Å². The smallest absolute Gasteiger partial charge is 0.236 e. The minimum absolute atomic E-state index is 0.0852. The lowest BCUT2D eigenvalue weighted by Crippen LogP contribution is -2.32. The van der Waals surface area contributed by atoms with Crippen LogP contribution in [0, 0.1) is 0 Å². The van der Waals surface area contributed by atoms with Gasteiger partial charge in [0.15, 0.2) is 0 Å². The molecule has 19 heavy (non-hydrogen) atoms. The van der Waals surface area contributed by atoms with Crippen LogP contribution in [0.25, 0.3) is 10.8 Å². The molecule has 0 heterocycles. The molecule has 0 spiro atoms. The number of hydrogen-bond donors (Lipinski definition) is 0. The van der Waals surface area contributed by atoms with Crippen LogP contribution in [0.2, 0.25) is 0 Å². The van der Waals surface area contributed by atoms with Gasteiger partial charge in [0.25, 0.3) is 0 Å². The number of halogens is 1. The van der Waals surface area contributed by atoms with Crippen LogP contribution in [0.4, 0.5) is 0 Å². The van der Waals surface area contributed by atoms with Crippen molar-refractivity contribution in [2.75, 3.05) is 7.05 Å². The Bertz CT molecular complexity index is 582. The summed E-state index contributed by atoms with van der Waals surface area (Å²) in [4.78, 5) is 13.7. The molecule has 0 N–H and O–H groups in total. The summed E-state index contributed by atoms with van der Waals surface area (Å²) in [5.41, 5.74) is 1.16. The van der Waals surface area contributed by atoms with Crippen molar-refractivity contribution >= 4 is 32.6 Å². The molecule has 0 saturated carbocycles. The van der Waals surface area contributed by atoms with Crippen molar-refractivity contribution in [3.05, 3.63) is 48.0 Å². The highest BCUT2D eigenvalue weighted by Crippen LogP contribution is 2.17. The van der Waals surface area contributed by atoms with E-state index in [0.29, 0.717) is 6.54 Å². The van der Waals surface area contributed by atoms with Gasteiger partial charge >= 0.3 is 0 Å². The fraction of sp³-hybridized carbons (Fsp3) is 0.312. The van der Waals surface area contributed by atoms with E-state index in [1.807, 2.05) is 26.1 Å². The van der Waals surface area contributed by atoms with Crippen LogP contribution >= 0.6 is 15.9 Å². The summed E-state index contributed by atoms with van der Waals surface area (Å²) in [5, 5.41) is 2.44. The first-order valence-electron chi connectivity index (χ1n) is 6.48. The van der Waals surface area contributed by atoms with E-state index in [-0.39, 0.29) is 10.7 Å².